The van der Waals surface area contributed by atoms with E-state index in [4.69, 9.17) is 4.74 Å². The minimum atomic E-state index is -0.359. The maximum absolute atomic E-state index is 10.5. The van der Waals surface area contributed by atoms with Crippen LogP contribution in [0.2, 0.25) is 0 Å². The second-order valence-corrected chi connectivity index (χ2v) is 6.63. The van der Waals surface area contributed by atoms with Crippen LogP contribution < -0.4 is 4.74 Å². The van der Waals surface area contributed by atoms with E-state index in [1.807, 2.05) is 24.3 Å². The molecule has 0 bridgehead atoms. The van der Waals surface area contributed by atoms with Crippen LogP contribution in [-0.4, -0.2) is 10.7 Å². The molecule has 2 heteroatoms. The van der Waals surface area contributed by atoms with Gasteiger partial charge in [-0.05, 0) is 37.7 Å². The summed E-state index contributed by atoms with van der Waals surface area (Å²) < 4.78 is 6.38. The topological polar surface area (TPSA) is 29.5 Å². The summed E-state index contributed by atoms with van der Waals surface area (Å²) in [4.78, 5) is 0. The van der Waals surface area contributed by atoms with Gasteiger partial charge in [0.05, 0.1) is 6.10 Å². The third-order valence-electron chi connectivity index (χ3n) is 5.12. The highest BCUT2D eigenvalue weighted by atomic mass is 16.5. The zero-order valence-corrected chi connectivity index (χ0v) is 12.5. The molecule has 1 spiro atoms. The Morgan fingerprint density at radius 1 is 1.25 bits per heavy atom. The predicted octanol–water partition coefficient (Wildman–Crippen LogP) is 4.62. The Kier molecular flexibility index (Phi) is 4.02. The molecule has 1 fully saturated rings. The average molecular weight is 274 g/mol. The number of para-hydroxylation sites is 1. The second-order valence-electron chi connectivity index (χ2n) is 6.63. The highest BCUT2D eigenvalue weighted by molar-refractivity contribution is 5.38. The molecule has 1 N–H and O–H groups in total. The molecule has 1 aromatic rings. The van der Waals surface area contributed by atoms with E-state index in [1.54, 1.807) is 0 Å². The summed E-state index contributed by atoms with van der Waals surface area (Å²) in [5.74, 6) is 1.76. The van der Waals surface area contributed by atoms with Crippen LogP contribution in [0.15, 0.2) is 24.3 Å². The number of rotatable bonds is 2. The van der Waals surface area contributed by atoms with Crippen LogP contribution in [0.1, 0.15) is 70.0 Å². The Labute approximate surface area is 122 Å². The van der Waals surface area contributed by atoms with Gasteiger partial charge in [-0.3, -0.25) is 0 Å². The van der Waals surface area contributed by atoms with Crippen molar-refractivity contribution in [3.8, 4) is 5.75 Å². The van der Waals surface area contributed by atoms with Gasteiger partial charge in [0.1, 0.15) is 11.4 Å². The summed E-state index contributed by atoms with van der Waals surface area (Å²) in [7, 11) is 0. The van der Waals surface area contributed by atoms with Gasteiger partial charge in [-0.25, -0.2) is 0 Å². The van der Waals surface area contributed by atoms with Crippen molar-refractivity contribution in [2.75, 3.05) is 0 Å². The molecule has 1 aliphatic carbocycles. The summed E-state index contributed by atoms with van der Waals surface area (Å²) in [6.45, 7) is 2.28. The Hall–Kier alpha value is -1.02. The lowest BCUT2D eigenvalue weighted by atomic mass is 9.83. The lowest BCUT2D eigenvalue weighted by Gasteiger charge is -2.40. The fraction of sp³-hybridized carbons (Fsp3) is 0.667. The van der Waals surface area contributed by atoms with Crippen LogP contribution in [0.3, 0.4) is 0 Å². The quantitative estimate of drug-likeness (QED) is 0.852. The molecule has 1 aliphatic heterocycles. The average Bonchev–Trinajstić information content (AvgIpc) is 2.63. The molecule has 2 unspecified atom stereocenters. The fourth-order valence-corrected chi connectivity index (χ4v) is 4.04. The van der Waals surface area contributed by atoms with Gasteiger partial charge in [-0.15, -0.1) is 0 Å². The molecule has 1 saturated carbocycles. The van der Waals surface area contributed by atoms with Crippen LogP contribution in [0.25, 0.3) is 0 Å². The van der Waals surface area contributed by atoms with Gasteiger partial charge >= 0.3 is 0 Å². The number of fused-ring (bicyclic) bond motifs is 1. The van der Waals surface area contributed by atoms with Crippen molar-refractivity contribution >= 4 is 0 Å². The smallest absolute Gasteiger partial charge is 0.125 e. The van der Waals surface area contributed by atoms with Gasteiger partial charge in [-0.2, -0.15) is 0 Å². The van der Waals surface area contributed by atoms with Gasteiger partial charge < -0.3 is 9.84 Å². The predicted molar refractivity (Wildman–Crippen MR) is 80.9 cm³/mol. The van der Waals surface area contributed by atoms with E-state index in [-0.39, 0.29) is 11.7 Å². The molecule has 2 aliphatic rings. The molecule has 0 amide bonds. The van der Waals surface area contributed by atoms with Crippen molar-refractivity contribution in [1.29, 1.82) is 0 Å². The number of hydrogen-bond donors (Lipinski definition) is 1. The van der Waals surface area contributed by atoms with E-state index < -0.39 is 0 Å². The van der Waals surface area contributed by atoms with E-state index in [0.717, 1.165) is 36.5 Å². The molecule has 0 saturated heterocycles. The zero-order chi connectivity index (χ0) is 14.0. The first-order valence-electron chi connectivity index (χ1n) is 8.18. The number of benzene rings is 1. The molecule has 3 rings (SSSR count). The van der Waals surface area contributed by atoms with Crippen molar-refractivity contribution in [2.24, 2.45) is 5.92 Å². The molecule has 3 atom stereocenters. The highest BCUT2D eigenvalue weighted by Gasteiger charge is 2.41. The molecule has 2 nitrogen and oxygen atoms in total. The molecular weight excluding hydrogens is 248 g/mol. The Bertz CT molecular complexity index is 456. The summed E-state index contributed by atoms with van der Waals surface area (Å²) in [6.07, 6.45) is 9.05. The fourth-order valence-electron chi connectivity index (χ4n) is 4.04. The van der Waals surface area contributed by atoms with Crippen molar-refractivity contribution in [3.63, 3.8) is 0 Å². The SMILES string of the molecule is CCCC1CCCC2(CC1)C[C@@H](O)c1ccccc1O2. The summed E-state index contributed by atoms with van der Waals surface area (Å²) in [5, 5.41) is 10.5. The van der Waals surface area contributed by atoms with E-state index >= 15 is 0 Å². The first-order chi connectivity index (χ1) is 9.72. The normalized spacial score (nSPS) is 33.3. The molecule has 110 valence electrons. The van der Waals surface area contributed by atoms with Gasteiger partial charge in [0.15, 0.2) is 0 Å². The largest absolute Gasteiger partial charge is 0.487 e. The molecular formula is C18H26O2. The first kappa shape index (κ1) is 13.9. The number of ether oxygens (including phenoxy) is 1. The standard InChI is InChI=1S/C18H26O2/c1-2-6-14-7-5-11-18(12-10-14)13-16(19)15-8-3-4-9-17(15)20-18/h3-4,8-9,14,16,19H,2,5-7,10-13H2,1H3/t14?,16-,18?/m1/s1. The Morgan fingerprint density at radius 3 is 2.95 bits per heavy atom. The maximum atomic E-state index is 10.5. The number of aliphatic hydroxyl groups excluding tert-OH is 1. The molecule has 1 aromatic carbocycles. The Balaban J connectivity index is 1.77. The monoisotopic (exact) mass is 274 g/mol. The van der Waals surface area contributed by atoms with Gasteiger partial charge in [0.2, 0.25) is 0 Å². The van der Waals surface area contributed by atoms with Crippen molar-refractivity contribution in [2.45, 2.75) is 70.0 Å². The van der Waals surface area contributed by atoms with Crippen LogP contribution in [0.4, 0.5) is 0 Å². The first-order valence-corrected chi connectivity index (χ1v) is 8.18. The Morgan fingerprint density at radius 2 is 2.10 bits per heavy atom. The van der Waals surface area contributed by atoms with E-state index in [0.29, 0.717) is 0 Å². The minimum absolute atomic E-state index is 0.115. The minimum Gasteiger partial charge on any atom is -0.487 e. The van der Waals surface area contributed by atoms with Crippen molar-refractivity contribution in [3.05, 3.63) is 29.8 Å². The van der Waals surface area contributed by atoms with E-state index in [2.05, 4.69) is 6.92 Å². The van der Waals surface area contributed by atoms with Gasteiger partial charge in [-0.1, -0.05) is 44.4 Å². The maximum Gasteiger partial charge on any atom is 0.125 e. The molecule has 1 heterocycles. The van der Waals surface area contributed by atoms with Crippen LogP contribution in [-0.2, 0) is 0 Å². The second kappa shape index (κ2) is 5.77. The molecule has 0 aromatic heterocycles. The van der Waals surface area contributed by atoms with Crippen molar-refractivity contribution < 1.29 is 9.84 Å². The summed E-state index contributed by atoms with van der Waals surface area (Å²) >= 11 is 0. The third-order valence-corrected chi connectivity index (χ3v) is 5.12. The van der Waals surface area contributed by atoms with Gasteiger partial charge in [0, 0.05) is 12.0 Å². The summed E-state index contributed by atoms with van der Waals surface area (Å²) in [6, 6.07) is 7.98. The van der Waals surface area contributed by atoms with Crippen molar-refractivity contribution in [1.82, 2.24) is 0 Å². The highest BCUT2D eigenvalue weighted by Crippen LogP contribution is 2.46. The zero-order valence-electron chi connectivity index (χ0n) is 12.5. The van der Waals surface area contributed by atoms with E-state index in [9.17, 15) is 5.11 Å². The molecule has 0 radical (unpaired) electrons. The van der Waals surface area contributed by atoms with Gasteiger partial charge in [0.25, 0.3) is 0 Å². The lowest BCUT2D eigenvalue weighted by molar-refractivity contribution is -0.0251. The number of aliphatic hydroxyl groups is 1. The van der Waals surface area contributed by atoms with Crippen LogP contribution >= 0.6 is 0 Å². The van der Waals surface area contributed by atoms with E-state index in [1.165, 1.54) is 32.1 Å². The number of hydrogen-bond acceptors (Lipinski definition) is 2. The third kappa shape index (κ3) is 2.71. The summed E-state index contributed by atoms with van der Waals surface area (Å²) in [5.41, 5.74) is 0.850. The molecule has 20 heavy (non-hydrogen) atoms. The van der Waals surface area contributed by atoms with Crippen LogP contribution in [0, 0.1) is 5.92 Å². The van der Waals surface area contributed by atoms with Crippen LogP contribution in [0.5, 0.6) is 5.75 Å². The lowest BCUT2D eigenvalue weighted by Crippen LogP contribution is -2.40.